The molecule has 0 amide bonds. The van der Waals surface area contributed by atoms with Crippen LogP contribution >= 0.6 is 0 Å². The molecule has 0 unspecified atom stereocenters. The van der Waals surface area contributed by atoms with Gasteiger partial charge in [-0.2, -0.15) is 5.26 Å². The summed E-state index contributed by atoms with van der Waals surface area (Å²) in [4.78, 5) is 11.2. The van der Waals surface area contributed by atoms with Crippen LogP contribution in [0.25, 0.3) is 0 Å². The first-order valence-corrected chi connectivity index (χ1v) is 4.69. The second-order valence-corrected chi connectivity index (χ2v) is 3.09. The van der Waals surface area contributed by atoms with Crippen LogP contribution in [0.3, 0.4) is 0 Å². The summed E-state index contributed by atoms with van der Waals surface area (Å²) in [6.07, 6.45) is -0.225. The van der Waals surface area contributed by atoms with E-state index in [0.717, 1.165) is 0 Å². The largest absolute Gasteiger partial charge is 0.507 e. The molecule has 0 aromatic heterocycles. The van der Waals surface area contributed by atoms with Gasteiger partial charge in [0.15, 0.2) is 0 Å². The van der Waals surface area contributed by atoms with Crippen LogP contribution in [0.1, 0.15) is 18.1 Å². The van der Waals surface area contributed by atoms with Crippen molar-refractivity contribution in [1.82, 2.24) is 0 Å². The Hall–Kier alpha value is -2.22. The molecule has 0 radical (unpaired) electrons. The Morgan fingerprint density at radius 1 is 1.44 bits per heavy atom. The number of hydrogen-bond acceptors (Lipinski definition) is 5. The van der Waals surface area contributed by atoms with E-state index in [2.05, 4.69) is 4.74 Å². The summed E-state index contributed by atoms with van der Waals surface area (Å²) in [6, 6.07) is 4.16. The molecule has 0 spiro atoms. The van der Waals surface area contributed by atoms with Crippen molar-refractivity contribution in [3.8, 4) is 17.6 Å². The van der Waals surface area contributed by atoms with Gasteiger partial charge < -0.3 is 14.9 Å². The topological polar surface area (TPSA) is 90.5 Å². The zero-order valence-electron chi connectivity index (χ0n) is 8.73. The summed E-state index contributed by atoms with van der Waals surface area (Å²) in [5.41, 5.74) is 0.194. The van der Waals surface area contributed by atoms with Crippen LogP contribution < -0.4 is 0 Å². The quantitative estimate of drug-likeness (QED) is 0.745. The number of ether oxygens (including phenoxy) is 1. The van der Waals surface area contributed by atoms with E-state index in [0.29, 0.717) is 0 Å². The molecule has 1 aromatic rings. The number of benzene rings is 1. The van der Waals surface area contributed by atoms with Crippen LogP contribution in [0.2, 0.25) is 0 Å². The van der Waals surface area contributed by atoms with Gasteiger partial charge in [-0.15, -0.1) is 0 Å². The molecule has 2 N–H and O–H groups in total. The van der Waals surface area contributed by atoms with Crippen molar-refractivity contribution in [2.45, 2.75) is 13.3 Å². The predicted octanol–water partition coefficient (Wildman–Crippen LogP) is 1.08. The number of carbonyl (C=O) groups excluding carboxylic acids is 1. The number of rotatable bonds is 3. The molecule has 84 valence electrons. The van der Waals surface area contributed by atoms with Crippen LogP contribution in [-0.4, -0.2) is 22.8 Å². The van der Waals surface area contributed by atoms with Crippen molar-refractivity contribution in [2.75, 3.05) is 6.61 Å². The maximum atomic E-state index is 11.2. The SMILES string of the molecule is CCOC(=O)Cc1c(O)cc(C#N)cc1O. The third kappa shape index (κ3) is 2.64. The van der Waals surface area contributed by atoms with E-state index < -0.39 is 5.97 Å². The van der Waals surface area contributed by atoms with Crippen molar-refractivity contribution in [3.63, 3.8) is 0 Å². The van der Waals surface area contributed by atoms with Gasteiger partial charge in [0.2, 0.25) is 0 Å². The van der Waals surface area contributed by atoms with Gasteiger partial charge in [-0.1, -0.05) is 0 Å². The molecule has 0 saturated heterocycles. The molecule has 0 aliphatic carbocycles. The molecule has 5 nitrogen and oxygen atoms in total. The molecule has 0 fully saturated rings. The Balaban J connectivity index is 2.98. The molecule has 0 aliphatic rings. The third-order valence-electron chi connectivity index (χ3n) is 1.96. The van der Waals surface area contributed by atoms with E-state index >= 15 is 0 Å². The monoisotopic (exact) mass is 221 g/mol. The second kappa shape index (κ2) is 5.03. The van der Waals surface area contributed by atoms with Gasteiger partial charge in [0, 0.05) is 5.56 Å². The van der Waals surface area contributed by atoms with Crippen LogP contribution in [0.4, 0.5) is 0 Å². The number of phenolic OH excluding ortho intramolecular Hbond substituents is 2. The van der Waals surface area contributed by atoms with Gasteiger partial charge >= 0.3 is 5.97 Å². The Morgan fingerprint density at radius 2 is 2.00 bits per heavy atom. The number of nitriles is 1. The molecule has 0 saturated carbocycles. The smallest absolute Gasteiger partial charge is 0.310 e. The molecule has 0 atom stereocenters. The standard InChI is InChI=1S/C11H11NO4/c1-2-16-11(15)5-8-9(13)3-7(6-12)4-10(8)14/h3-4,13-14H,2,5H2,1H3. The van der Waals surface area contributed by atoms with Gasteiger partial charge in [0.05, 0.1) is 24.7 Å². The summed E-state index contributed by atoms with van der Waals surface area (Å²) in [7, 11) is 0. The zero-order chi connectivity index (χ0) is 12.1. The lowest BCUT2D eigenvalue weighted by Gasteiger charge is -2.07. The zero-order valence-corrected chi connectivity index (χ0v) is 8.73. The maximum absolute atomic E-state index is 11.2. The average Bonchev–Trinajstić information content (AvgIpc) is 2.23. The summed E-state index contributed by atoms with van der Waals surface area (Å²) in [6.45, 7) is 1.90. The van der Waals surface area contributed by atoms with E-state index in [4.69, 9.17) is 5.26 Å². The number of carbonyl (C=O) groups is 1. The molecule has 0 bridgehead atoms. The van der Waals surface area contributed by atoms with Crippen molar-refractivity contribution in [2.24, 2.45) is 0 Å². The Labute approximate surface area is 92.5 Å². The Kier molecular flexibility index (Phi) is 3.72. The molecule has 16 heavy (non-hydrogen) atoms. The fourth-order valence-corrected chi connectivity index (χ4v) is 1.24. The Bertz CT molecular complexity index is 425. The van der Waals surface area contributed by atoms with E-state index in [1.807, 2.05) is 0 Å². The van der Waals surface area contributed by atoms with Gasteiger partial charge in [0.25, 0.3) is 0 Å². The highest BCUT2D eigenvalue weighted by atomic mass is 16.5. The van der Waals surface area contributed by atoms with E-state index in [1.165, 1.54) is 12.1 Å². The molecule has 1 rings (SSSR count). The van der Waals surface area contributed by atoms with Crippen LogP contribution in [0.15, 0.2) is 12.1 Å². The van der Waals surface area contributed by atoms with Crippen LogP contribution in [0.5, 0.6) is 11.5 Å². The number of hydrogen-bond donors (Lipinski definition) is 2. The summed E-state index contributed by atoms with van der Waals surface area (Å²) in [5.74, 6) is -1.12. The molecular formula is C11H11NO4. The van der Waals surface area contributed by atoms with E-state index in [-0.39, 0.29) is 35.7 Å². The molecule has 0 aliphatic heterocycles. The minimum absolute atomic E-state index is 0.0671. The van der Waals surface area contributed by atoms with Crippen molar-refractivity contribution >= 4 is 5.97 Å². The van der Waals surface area contributed by atoms with Gasteiger partial charge in [0.1, 0.15) is 11.5 Å². The summed E-state index contributed by atoms with van der Waals surface area (Å²) in [5, 5.41) is 27.6. The predicted molar refractivity (Wildman–Crippen MR) is 54.8 cm³/mol. The molecular weight excluding hydrogens is 210 g/mol. The highest BCUT2D eigenvalue weighted by Crippen LogP contribution is 2.29. The second-order valence-electron chi connectivity index (χ2n) is 3.09. The lowest BCUT2D eigenvalue weighted by Crippen LogP contribution is -2.07. The minimum Gasteiger partial charge on any atom is -0.507 e. The number of esters is 1. The van der Waals surface area contributed by atoms with Crippen molar-refractivity contribution in [1.29, 1.82) is 5.26 Å². The lowest BCUT2D eigenvalue weighted by molar-refractivity contribution is -0.142. The third-order valence-corrected chi connectivity index (χ3v) is 1.96. The highest BCUT2D eigenvalue weighted by Gasteiger charge is 2.14. The highest BCUT2D eigenvalue weighted by molar-refractivity contribution is 5.75. The van der Waals surface area contributed by atoms with Crippen LogP contribution in [0, 0.1) is 11.3 Å². The van der Waals surface area contributed by atoms with Crippen molar-refractivity contribution < 1.29 is 19.7 Å². The van der Waals surface area contributed by atoms with E-state index in [1.54, 1.807) is 13.0 Å². The fourth-order valence-electron chi connectivity index (χ4n) is 1.24. The number of nitrogens with zero attached hydrogens (tertiary/aromatic N) is 1. The minimum atomic E-state index is -0.544. The van der Waals surface area contributed by atoms with Crippen LogP contribution in [-0.2, 0) is 16.0 Å². The normalized spacial score (nSPS) is 9.50. The Morgan fingerprint density at radius 3 is 2.44 bits per heavy atom. The maximum Gasteiger partial charge on any atom is 0.310 e. The summed E-state index contributed by atoms with van der Waals surface area (Å²) >= 11 is 0. The average molecular weight is 221 g/mol. The van der Waals surface area contributed by atoms with Gasteiger partial charge in [-0.25, -0.2) is 0 Å². The number of phenols is 2. The van der Waals surface area contributed by atoms with Gasteiger partial charge in [-0.05, 0) is 19.1 Å². The van der Waals surface area contributed by atoms with E-state index in [9.17, 15) is 15.0 Å². The number of aromatic hydroxyl groups is 2. The first kappa shape index (κ1) is 11.9. The molecule has 5 heteroatoms. The first-order valence-electron chi connectivity index (χ1n) is 4.69. The lowest BCUT2D eigenvalue weighted by atomic mass is 10.1. The molecule has 1 aromatic carbocycles. The molecule has 0 heterocycles. The first-order chi connectivity index (χ1) is 7.58. The van der Waals surface area contributed by atoms with Crippen molar-refractivity contribution in [3.05, 3.63) is 23.3 Å². The fraction of sp³-hybridized carbons (Fsp3) is 0.273. The van der Waals surface area contributed by atoms with Gasteiger partial charge in [-0.3, -0.25) is 4.79 Å². The summed E-state index contributed by atoms with van der Waals surface area (Å²) < 4.78 is 4.69.